The smallest absolute Gasteiger partial charge is 0.342 e. The van der Waals surface area contributed by atoms with Gasteiger partial charge in [0.25, 0.3) is 0 Å². The monoisotopic (exact) mass is 360 g/mol. The molecule has 0 spiro atoms. The molecule has 0 radical (unpaired) electrons. The Balaban J connectivity index is 2.12. The van der Waals surface area contributed by atoms with Crippen molar-refractivity contribution in [1.29, 1.82) is 0 Å². The van der Waals surface area contributed by atoms with Crippen molar-refractivity contribution in [3.8, 4) is 5.75 Å². The minimum Gasteiger partial charge on any atom is -0.507 e. The maximum atomic E-state index is 12.6. The number of benzene rings is 1. The van der Waals surface area contributed by atoms with E-state index in [9.17, 15) is 30.0 Å². The molecule has 0 bridgehead atoms. The van der Waals surface area contributed by atoms with Crippen LogP contribution in [0.4, 0.5) is 0 Å². The van der Waals surface area contributed by atoms with Crippen LogP contribution in [0.5, 0.6) is 5.75 Å². The summed E-state index contributed by atoms with van der Waals surface area (Å²) in [7, 11) is 0. The normalized spacial score (nSPS) is 32.4. The molecule has 0 saturated heterocycles. The number of aromatic hydroxyl groups is 1. The number of ether oxygens (including phenoxy) is 1. The van der Waals surface area contributed by atoms with Gasteiger partial charge in [0.2, 0.25) is 0 Å². The number of aliphatic hydroxyl groups excluding tert-OH is 2. The summed E-state index contributed by atoms with van der Waals surface area (Å²) >= 11 is 0. The van der Waals surface area contributed by atoms with Crippen molar-refractivity contribution in [3.05, 3.63) is 47.1 Å². The van der Waals surface area contributed by atoms with Crippen LogP contribution in [0.1, 0.15) is 34.8 Å². The number of hydrogen-bond acceptors (Lipinski definition) is 7. The van der Waals surface area contributed by atoms with Crippen LogP contribution in [-0.4, -0.2) is 50.0 Å². The number of aliphatic hydroxyl groups is 3. The fourth-order valence-electron chi connectivity index (χ4n) is 3.53. The summed E-state index contributed by atoms with van der Waals surface area (Å²) in [4.78, 5) is 24.4. The summed E-state index contributed by atoms with van der Waals surface area (Å²) < 4.78 is 5.40. The summed E-state index contributed by atoms with van der Waals surface area (Å²) in [6.07, 6.45) is 3.03. The molecule has 138 valence electrons. The quantitative estimate of drug-likeness (QED) is 0.543. The van der Waals surface area contributed by atoms with Crippen molar-refractivity contribution >= 4 is 17.8 Å². The zero-order chi connectivity index (χ0) is 19.1. The Bertz CT molecular complexity index is 810. The van der Waals surface area contributed by atoms with Crippen LogP contribution >= 0.6 is 0 Å². The maximum absolute atomic E-state index is 12.6. The van der Waals surface area contributed by atoms with E-state index in [1.807, 2.05) is 0 Å². The molecule has 7 nitrogen and oxygen atoms in total. The van der Waals surface area contributed by atoms with E-state index in [0.717, 1.165) is 0 Å². The van der Waals surface area contributed by atoms with E-state index in [1.165, 1.54) is 36.4 Å². The minimum absolute atomic E-state index is 0.0489. The zero-order valence-corrected chi connectivity index (χ0v) is 14.1. The van der Waals surface area contributed by atoms with Crippen LogP contribution in [-0.2, 0) is 16.1 Å². The average molecular weight is 360 g/mol. The fraction of sp³-hybridized carbons (Fsp3) is 0.368. The topological polar surface area (TPSA) is 124 Å². The molecule has 1 heterocycles. The SMILES string of the molecule is C[C@@H]1OC(=O)c2c(O)cc(CO)cc2/C=C/C[C@@]2(O)C1C=CC(=O)[C@H]2O. The van der Waals surface area contributed by atoms with Crippen molar-refractivity contribution < 1.29 is 34.8 Å². The summed E-state index contributed by atoms with van der Waals surface area (Å²) in [5.41, 5.74) is -1.17. The number of phenolic OH excluding ortho intramolecular Hbond substituents is 1. The molecule has 1 unspecified atom stereocenters. The third-order valence-corrected chi connectivity index (χ3v) is 4.92. The minimum atomic E-state index is -1.82. The van der Waals surface area contributed by atoms with Gasteiger partial charge in [-0.05, 0) is 42.7 Å². The predicted molar refractivity (Wildman–Crippen MR) is 91.2 cm³/mol. The number of rotatable bonds is 1. The lowest BCUT2D eigenvalue weighted by atomic mass is 9.72. The van der Waals surface area contributed by atoms with Gasteiger partial charge in [-0.3, -0.25) is 4.79 Å². The van der Waals surface area contributed by atoms with Crippen molar-refractivity contribution in [2.45, 2.75) is 37.8 Å². The van der Waals surface area contributed by atoms with E-state index in [1.54, 1.807) is 6.92 Å². The van der Waals surface area contributed by atoms with Crippen LogP contribution in [0.2, 0.25) is 0 Å². The van der Waals surface area contributed by atoms with Gasteiger partial charge in [-0.25, -0.2) is 4.79 Å². The van der Waals surface area contributed by atoms with Gasteiger partial charge in [0.05, 0.1) is 6.61 Å². The molecule has 4 atom stereocenters. The van der Waals surface area contributed by atoms with Crippen molar-refractivity contribution in [2.24, 2.45) is 5.92 Å². The predicted octanol–water partition coefficient (Wildman–Crippen LogP) is 0.694. The summed E-state index contributed by atoms with van der Waals surface area (Å²) in [5.74, 6) is -2.54. The number of cyclic esters (lactones) is 1. The highest BCUT2D eigenvalue weighted by molar-refractivity contribution is 5.97. The fourth-order valence-corrected chi connectivity index (χ4v) is 3.53. The van der Waals surface area contributed by atoms with Gasteiger partial charge in [0.15, 0.2) is 5.78 Å². The third kappa shape index (κ3) is 2.94. The molecule has 0 aromatic heterocycles. The van der Waals surface area contributed by atoms with Gasteiger partial charge < -0.3 is 25.2 Å². The Morgan fingerprint density at radius 3 is 2.69 bits per heavy atom. The van der Waals surface area contributed by atoms with E-state index in [0.29, 0.717) is 11.1 Å². The maximum Gasteiger partial charge on any atom is 0.342 e. The molecule has 26 heavy (non-hydrogen) atoms. The number of ketones is 1. The molecule has 3 rings (SSSR count). The standard InChI is InChI=1S/C19H20O7/c1-10-13-4-5-14(21)17(23)19(13,25)6-2-3-12-7-11(9-20)8-15(22)16(12)18(24)26-10/h2-5,7-8,10,13,17,20,22-23,25H,6,9H2,1H3/b3-2+/t10-,13?,17+,19+/m0/s1. The highest BCUT2D eigenvalue weighted by Gasteiger charge is 2.50. The summed E-state index contributed by atoms with van der Waals surface area (Å²) in [5, 5.41) is 40.6. The number of carbonyl (C=O) groups excluding carboxylic acids is 2. The molecule has 0 saturated carbocycles. The molecule has 1 aromatic rings. The first-order chi connectivity index (χ1) is 12.3. The lowest BCUT2D eigenvalue weighted by Gasteiger charge is -2.41. The molecule has 1 aromatic carbocycles. The lowest BCUT2D eigenvalue weighted by molar-refractivity contribution is -0.154. The Kier molecular flexibility index (Phi) is 4.70. The van der Waals surface area contributed by atoms with E-state index in [2.05, 4.69) is 0 Å². The van der Waals surface area contributed by atoms with E-state index in [4.69, 9.17) is 4.74 Å². The molecule has 0 fully saturated rings. The van der Waals surface area contributed by atoms with Crippen LogP contribution < -0.4 is 0 Å². The highest BCUT2D eigenvalue weighted by atomic mass is 16.5. The van der Waals surface area contributed by atoms with E-state index < -0.39 is 35.5 Å². The lowest BCUT2D eigenvalue weighted by Crippen LogP contribution is -2.57. The van der Waals surface area contributed by atoms with Crippen LogP contribution in [0.25, 0.3) is 6.08 Å². The zero-order valence-electron chi connectivity index (χ0n) is 14.1. The average Bonchev–Trinajstić information content (AvgIpc) is 2.58. The Morgan fingerprint density at radius 2 is 2.00 bits per heavy atom. The van der Waals surface area contributed by atoms with Crippen molar-refractivity contribution in [3.63, 3.8) is 0 Å². The van der Waals surface area contributed by atoms with Gasteiger partial charge in [0.1, 0.15) is 29.1 Å². The van der Waals surface area contributed by atoms with Crippen LogP contribution in [0.15, 0.2) is 30.4 Å². The van der Waals surface area contributed by atoms with E-state index in [-0.39, 0.29) is 24.3 Å². The molecular formula is C19H20O7. The van der Waals surface area contributed by atoms with Gasteiger partial charge in [-0.15, -0.1) is 0 Å². The Labute approximate surface area is 149 Å². The van der Waals surface area contributed by atoms with Gasteiger partial charge in [-0.1, -0.05) is 18.2 Å². The first-order valence-electron chi connectivity index (χ1n) is 8.24. The molecule has 4 N–H and O–H groups in total. The second-order valence-corrected chi connectivity index (χ2v) is 6.64. The molecule has 0 amide bonds. The largest absolute Gasteiger partial charge is 0.507 e. The third-order valence-electron chi connectivity index (χ3n) is 4.92. The first kappa shape index (κ1) is 18.3. The molecule has 1 aliphatic carbocycles. The van der Waals surface area contributed by atoms with Gasteiger partial charge >= 0.3 is 5.97 Å². The first-order valence-corrected chi connectivity index (χ1v) is 8.24. The summed E-state index contributed by atoms with van der Waals surface area (Å²) in [6.45, 7) is 1.22. The number of esters is 1. The Hall–Kier alpha value is -2.48. The molecular weight excluding hydrogens is 340 g/mol. The second kappa shape index (κ2) is 6.68. The van der Waals surface area contributed by atoms with Crippen molar-refractivity contribution in [2.75, 3.05) is 0 Å². The van der Waals surface area contributed by atoms with Gasteiger partial charge in [0, 0.05) is 5.92 Å². The second-order valence-electron chi connectivity index (χ2n) is 6.64. The van der Waals surface area contributed by atoms with E-state index >= 15 is 0 Å². The number of fused-ring (bicyclic) bond motifs is 2. The van der Waals surface area contributed by atoms with Crippen molar-refractivity contribution in [1.82, 2.24) is 0 Å². The number of phenols is 1. The highest BCUT2D eigenvalue weighted by Crippen LogP contribution is 2.37. The number of carbonyl (C=O) groups is 2. The van der Waals surface area contributed by atoms with Crippen LogP contribution in [0.3, 0.4) is 0 Å². The summed E-state index contributed by atoms with van der Waals surface area (Å²) in [6, 6.07) is 2.80. The van der Waals surface area contributed by atoms with Crippen LogP contribution in [0, 0.1) is 5.92 Å². The van der Waals surface area contributed by atoms with Gasteiger partial charge in [-0.2, -0.15) is 0 Å². The molecule has 7 heteroatoms. The number of hydrogen-bond donors (Lipinski definition) is 4. The molecule has 1 aliphatic heterocycles. The molecule has 2 aliphatic rings. The Morgan fingerprint density at radius 1 is 1.27 bits per heavy atom.